The predicted molar refractivity (Wildman–Crippen MR) is 113 cm³/mol. The lowest BCUT2D eigenvalue weighted by Crippen LogP contribution is -2.42. The van der Waals surface area contributed by atoms with Gasteiger partial charge in [0.15, 0.2) is 6.04 Å². The van der Waals surface area contributed by atoms with Crippen molar-refractivity contribution in [1.29, 1.82) is 0 Å². The van der Waals surface area contributed by atoms with Gasteiger partial charge >= 0.3 is 5.91 Å². The highest BCUT2D eigenvalue weighted by Crippen LogP contribution is 2.25. The Bertz CT molecular complexity index is 1130. The number of carbonyl (C=O) groups is 2. The Balaban J connectivity index is 1.68. The van der Waals surface area contributed by atoms with E-state index in [-0.39, 0.29) is 11.5 Å². The van der Waals surface area contributed by atoms with Crippen molar-refractivity contribution >= 4 is 18.0 Å². The SMILES string of the molecule is COc1cccc(/C=[N+]2\NC(=O)[C@@H](NC(=O)c3ccc(F)cc3)[C@H]2c2ccccc2)c1. The van der Waals surface area contributed by atoms with Crippen LogP contribution in [0.25, 0.3) is 0 Å². The molecular weight excluding hydrogens is 397 g/mol. The first kappa shape index (κ1) is 20.3. The molecule has 0 aromatic heterocycles. The molecule has 1 heterocycles. The van der Waals surface area contributed by atoms with Crippen LogP contribution in [0.2, 0.25) is 0 Å². The number of amides is 2. The normalized spacial score (nSPS) is 19.2. The van der Waals surface area contributed by atoms with Gasteiger partial charge in [0, 0.05) is 16.7 Å². The highest BCUT2D eigenvalue weighted by Gasteiger charge is 2.47. The fraction of sp³-hybridized carbons (Fsp3) is 0.125. The molecule has 0 spiro atoms. The van der Waals surface area contributed by atoms with Crippen LogP contribution in [0.3, 0.4) is 0 Å². The molecule has 7 heteroatoms. The Hall–Kier alpha value is -4.00. The Morgan fingerprint density at radius 3 is 2.52 bits per heavy atom. The Morgan fingerprint density at radius 2 is 1.81 bits per heavy atom. The number of methoxy groups -OCH3 is 1. The number of hydrazone groups is 1. The molecule has 6 nitrogen and oxygen atoms in total. The van der Waals surface area contributed by atoms with E-state index in [2.05, 4.69) is 10.7 Å². The van der Waals surface area contributed by atoms with Gasteiger partial charge in [-0.2, -0.15) is 0 Å². The zero-order valence-corrected chi connectivity index (χ0v) is 16.8. The molecule has 156 valence electrons. The molecule has 1 fully saturated rings. The first-order valence-electron chi connectivity index (χ1n) is 9.74. The van der Waals surface area contributed by atoms with Crippen LogP contribution in [0.5, 0.6) is 5.75 Å². The van der Waals surface area contributed by atoms with E-state index in [0.29, 0.717) is 5.75 Å². The van der Waals surface area contributed by atoms with E-state index in [1.807, 2.05) is 54.6 Å². The van der Waals surface area contributed by atoms with Gasteiger partial charge in [-0.15, -0.1) is 10.1 Å². The highest BCUT2D eigenvalue weighted by molar-refractivity contribution is 5.98. The topological polar surface area (TPSA) is 70.4 Å². The van der Waals surface area contributed by atoms with Gasteiger partial charge < -0.3 is 10.1 Å². The number of benzene rings is 3. The second-order valence-electron chi connectivity index (χ2n) is 7.10. The molecule has 2 N–H and O–H groups in total. The van der Waals surface area contributed by atoms with E-state index in [4.69, 9.17) is 4.74 Å². The van der Waals surface area contributed by atoms with Crippen molar-refractivity contribution in [1.82, 2.24) is 10.7 Å². The van der Waals surface area contributed by atoms with Gasteiger partial charge in [0.1, 0.15) is 11.6 Å². The van der Waals surface area contributed by atoms with E-state index < -0.39 is 23.8 Å². The summed E-state index contributed by atoms with van der Waals surface area (Å²) in [5.74, 6) is -0.541. The van der Waals surface area contributed by atoms with Crippen LogP contribution < -0.4 is 15.5 Å². The van der Waals surface area contributed by atoms with Gasteiger partial charge in [-0.05, 0) is 42.5 Å². The van der Waals surface area contributed by atoms with Gasteiger partial charge in [0.05, 0.1) is 7.11 Å². The summed E-state index contributed by atoms with van der Waals surface area (Å²) in [4.78, 5) is 25.6. The molecule has 1 aliphatic heterocycles. The summed E-state index contributed by atoms with van der Waals surface area (Å²) in [6, 6.07) is 20.7. The fourth-order valence-corrected chi connectivity index (χ4v) is 3.54. The van der Waals surface area contributed by atoms with Crippen LogP contribution in [0.1, 0.15) is 27.5 Å². The maximum absolute atomic E-state index is 13.2. The van der Waals surface area contributed by atoms with E-state index in [1.165, 1.54) is 24.3 Å². The Kier molecular flexibility index (Phi) is 5.75. The molecule has 0 saturated carbocycles. The molecule has 3 aromatic carbocycles. The number of hydrogen-bond acceptors (Lipinski definition) is 3. The average molecular weight is 418 g/mol. The van der Waals surface area contributed by atoms with Gasteiger partial charge in [0.25, 0.3) is 5.91 Å². The largest absolute Gasteiger partial charge is 0.497 e. The number of hydrazine groups is 1. The van der Waals surface area contributed by atoms with Crippen molar-refractivity contribution < 1.29 is 23.4 Å². The van der Waals surface area contributed by atoms with Crippen molar-refractivity contribution in [3.8, 4) is 5.75 Å². The fourth-order valence-electron chi connectivity index (χ4n) is 3.54. The zero-order chi connectivity index (χ0) is 21.8. The quantitative estimate of drug-likeness (QED) is 0.626. The minimum atomic E-state index is -0.846. The summed E-state index contributed by atoms with van der Waals surface area (Å²) in [6.45, 7) is 0. The number of halogens is 1. The van der Waals surface area contributed by atoms with E-state index in [0.717, 1.165) is 11.1 Å². The van der Waals surface area contributed by atoms with Crippen molar-refractivity contribution in [3.05, 3.63) is 101 Å². The van der Waals surface area contributed by atoms with E-state index >= 15 is 0 Å². The van der Waals surface area contributed by atoms with Gasteiger partial charge in [-0.3, -0.25) is 9.59 Å². The lowest BCUT2D eigenvalue weighted by Gasteiger charge is -2.14. The summed E-state index contributed by atoms with van der Waals surface area (Å²) in [5, 5.41) is 2.79. The second kappa shape index (κ2) is 8.79. The van der Waals surface area contributed by atoms with Crippen molar-refractivity contribution in [2.24, 2.45) is 0 Å². The molecular formula is C24H21FN3O3+. The number of nitrogens with zero attached hydrogens (tertiary/aromatic N) is 1. The third kappa shape index (κ3) is 4.45. The summed E-state index contributed by atoms with van der Waals surface area (Å²) >= 11 is 0. The molecule has 3 aromatic rings. The Labute approximate surface area is 179 Å². The number of rotatable bonds is 5. The highest BCUT2D eigenvalue weighted by atomic mass is 19.1. The van der Waals surface area contributed by atoms with E-state index in [9.17, 15) is 14.0 Å². The zero-order valence-electron chi connectivity index (χ0n) is 16.8. The van der Waals surface area contributed by atoms with Crippen LogP contribution >= 0.6 is 0 Å². The summed E-state index contributed by atoms with van der Waals surface area (Å²) in [7, 11) is 1.59. The minimum absolute atomic E-state index is 0.274. The van der Waals surface area contributed by atoms with Crippen LogP contribution in [-0.4, -0.2) is 35.9 Å². The molecule has 0 bridgehead atoms. The van der Waals surface area contributed by atoms with Crippen molar-refractivity contribution in [3.63, 3.8) is 0 Å². The maximum atomic E-state index is 13.2. The van der Waals surface area contributed by atoms with E-state index in [1.54, 1.807) is 18.0 Å². The van der Waals surface area contributed by atoms with Gasteiger partial charge in [0.2, 0.25) is 12.3 Å². The second-order valence-corrected chi connectivity index (χ2v) is 7.10. The maximum Gasteiger partial charge on any atom is 0.304 e. The summed E-state index contributed by atoms with van der Waals surface area (Å²) < 4.78 is 20.2. The number of carbonyl (C=O) groups excluding carboxylic acids is 2. The van der Waals surface area contributed by atoms with Crippen molar-refractivity contribution in [2.75, 3.05) is 7.11 Å². The summed E-state index contributed by atoms with van der Waals surface area (Å²) in [6.07, 6.45) is 1.79. The molecule has 2 amide bonds. The lowest BCUT2D eigenvalue weighted by molar-refractivity contribution is -0.596. The third-order valence-electron chi connectivity index (χ3n) is 5.05. The standard InChI is InChI=1S/C24H20FN3O3/c1-31-20-9-5-6-16(14-20)15-28-22(17-7-3-2-4-8-17)21(24(30)27-28)26-23(29)18-10-12-19(25)13-11-18/h2-15,21-22H,1H3,(H-,26,27,29,30)/p+1/b28-15-/t21-,22+/m0/s1. The molecule has 31 heavy (non-hydrogen) atoms. The first-order valence-corrected chi connectivity index (χ1v) is 9.74. The Morgan fingerprint density at radius 1 is 1.06 bits per heavy atom. The van der Waals surface area contributed by atoms with Gasteiger partial charge in [-0.25, -0.2) is 4.39 Å². The van der Waals surface area contributed by atoms with Crippen LogP contribution in [0.4, 0.5) is 4.39 Å². The lowest BCUT2D eigenvalue weighted by atomic mass is 10.00. The average Bonchev–Trinajstić information content (AvgIpc) is 3.09. The molecule has 0 radical (unpaired) electrons. The molecule has 1 saturated heterocycles. The number of ether oxygens (including phenoxy) is 1. The monoisotopic (exact) mass is 418 g/mol. The third-order valence-corrected chi connectivity index (χ3v) is 5.05. The number of hydrogen-bond donors (Lipinski definition) is 2. The molecule has 0 aliphatic carbocycles. The molecule has 2 atom stereocenters. The number of nitrogens with one attached hydrogen (secondary N) is 2. The first-order chi connectivity index (χ1) is 15.0. The molecule has 0 unspecified atom stereocenters. The van der Waals surface area contributed by atoms with Crippen LogP contribution in [-0.2, 0) is 4.79 Å². The molecule has 1 aliphatic rings. The van der Waals surface area contributed by atoms with Crippen molar-refractivity contribution in [2.45, 2.75) is 12.1 Å². The smallest absolute Gasteiger partial charge is 0.304 e. The summed E-state index contributed by atoms with van der Waals surface area (Å²) in [5.41, 5.74) is 4.78. The minimum Gasteiger partial charge on any atom is -0.497 e. The van der Waals surface area contributed by atoms with Gasteiger partial charge in [-0.1, -0.05) is 36.4 Å². The van der Waals surface area contributed by atoms with Crippen LogP contribution in [0.15, 0.2) is 78.9 Å². The van der Waals surface area contributed by atoms with Crippen LogP contribution in [0, 0.1) is 5.82 Å². The molecule has 4 rings (SSSR count). The predicted octanol–water partition coefficient (Wildman–Crippen LogP) is 2.85.